The molecule has 7 nitrogen and oxygen atoms in total. The van der Waals surface area contributed by atoms with Crippen LogP contribution in [0.4, 0.5) is 0 Å². The molecule has 2 aliphatic heterocycles. The fraction of sp³-hybridized carbons (Fsp3) is 0.474. The number of ether oxygens (including phenoxy) is 2. The molecule has 2 N–H and O–H groups in total. The van der Waals surface area contributed by atoms with Crippen LogP contribution >= 0.6 is 0 Å². The van der Waals surface area contributed by atoms with E-state index >= 15 is 0 Å². The number of hydrogen-bond donors (Lipinski definition) is 2. The lowest BCUT2D eigenvalue weighted by Crippen LogP contribution is -3.14. The molecule has 1 atom stereocenters. The lowest BCUT2D eigenvalue weighted by atomic mass is 9.96. The topological polar surface area (TPSA) is 80.5 Å². The third kappa shape index (κ3) is 3.59. The van der Waals surface area contributed by atoms with Crippen molar-refractivity contribution in [3.05, 3.63) is 41.2 Å². The highest BCUT2D eigenvalue weighted by Crippen LogP contribution is 2.38. The Labute approximate surface area is 152 Å². The SMILES string of the molecule is COc1cccc(C2C(C(C)=O)=C(O)C(=O)N2CC[NH+]2CCOCC2)c1. The Bertz CT molecular complexity index is 724. The zero-order valence-corrected chi connectivity index (χ0v) is 15.2. The summed E-state index contributed by atoms with van der Waals surface area (Å²) in [4.78, 5) is 27.7. The maximum atomic E-state index is 12.6. The minimum absolute atomic E-state index is 0.153. The number of hydrogen-bond acceptors (Lipinski definition) is 5. The van der Waals surface area contributed by atoms with Gasteiger partial charge in [-0.2, -0.15) is 0 Å². The summed E-state index contributed by atoms with van der Waals surface area (Å²) >= 11 is 0. The second kappa shape index (κ2) is 7.88. The van der Waals surface area contributed by atoms with Crippen LogP contribution in [0.2, 0.25) is 0 Å². The third-order valence-corrected chi connectivity index (χ3v) is 5.00. The van der Waals surface area contributed by atoms with Gasteiger partial charge in [0.2, 0.25) is 0 Å². The Morgan fingerprint density at radius 3 is 2.77 bits per heavy atom. The van der Waals surface area contributed by atoms with Crippen molar-refractivity contribution in [2.24, 2.45) is 0 Å². The normalized spacial score (nSPS) is 21.4. The molecular formula is C19H25N2O5+. The van der Waals surface area contributed by atoms with Crippen LogP contribution in [0.1, 0.15) is 18.5 Å². The molecule has 1 aromatic carbocycles. The van der Waals surface area contributed by atoms with Gasteiger partial charge in [-0.05, 0) is 24.6 Å². The second-order valence-electron chi connectivity index (χ2n) is 6.61. The Morgan fingerprint density at radius 2 is 2.12 bits per heavy atom. The molecule has 1 amide bonds. The van der Waals surface area contributed by atoms with Crippen molar-refractivity contribution in [1.82, 2.24) is 4.90 Å². The minimum Gasteiger partial charge on any atom is -0.503 e. The van der Waals surface area contributed by atoms with Crippen LogP contribution in [-0.2, 0) is 14.3 Å². The first-order valence-electron chi connectivity index (χ1n) is 8.83. The number of benzene rings is 1. The molecule has 2 aliphatic rings. The quantitative estimate of drug-likeness (QED) is 0.739. The van der Waals surface area contributed by atoms with E-state index in [4.69, 9.17) is 9.47 Å². The summed E-state index contributed by atoms with van der Waals surface area (Å²) in [7, 11) is 1.57. The molecule has 140 valence electrons. The first-order chi connectivity index (χ1) is 12.5. The third-order valence-electron chi connectivity index (χ3n) is 5.00. The van der Waals surface area contributed by atoms with E-state index in [-0.39, 0.29) is 11.4 Å². The molecule has 3 rings (SSSR count). The van der Waals surface area contributed by atoms with Gasteiger partial charge in [-0.1, -0.05) is 12.1 Å². The molecule has 7 heteroatoms. The lowest BCUT2D eigenvalue weighted by molar-refractivity contribution is -0.907. The average molecular weight is 361 g/mol. The Hall–Kier alpha value is -2.38. The number of quaternary nitrogens is 1. The molecular weight excluding hydrogens is 336 g/mol. The number of morpholine rings is 1. The Kier molecular flexibility index (Phi) is 5.58. The predicted molar refractivity (Wildman–Crippen MR) is 94.2 cm³/mol. The van der Waals surface area contributed by atoms with Crippen LogP contribution in [0.3, 0.4) is 0 Å². The number of aliphatic hydroxyl groups excluding tert-OH is 1. The van der Waals surface area contributed by atoms with Crippen LogP contribution in [0.25, 0.3) is 0 Å². The van der Waals surface area contributed by atoms with Gasteiger partial charge in [0.1, 0.15) is 18.8 Å². The molecule has 0 bridgehead atoms. The van der Waals surface area contributed by atoms with E-state index in [0.29, 0.717) is 25.5 Å². The summed E-state index contributed by atoms with van der Waals surface area (Å²) in [5.41, 5.74) is 0.907. The van der Waals surface area contributed by atoms with Gasteiger partial charge in [-0.25, -0.2) is 0 Å². The number of carbonyl (C=O) groups is 2. The highest BCUT2D eigenvalue weighted by atomic mass is 16.5. The fourth-order valence-corrected chi connectivity index (χ4v) is 3.59. The number of Topliss-reactive ketones (excluding diaryl/α,β-unsaturated/α-hetero) is 1. The number of nitrogens with zero attached hydrogens (tertiary/aromatic N) is 1. The summed E-state index contributed by atoms with van der Waals surface area (Å²) in [6.45, 7) is 5.79. The van der Waals surface area contributed by atoms with Crippen molar-refractivity contribution in [3.8, 4) is 5.75 Å². The maximum Gasteiger partial charge on any atom is 0.290 e. The van der Waals surface area contributed by atoms with Gasteiger partial charge in [0.05, 0.1) is 45.0 Å². The standard InChI is InChI=1S/C19H24N2O5/c1-13(22)16-17(14-4-3-5-15(12-14)25-2)21(19(24)18(16)23)7-6-20-8-10-26-11-9-20/h3-5,12,17,23H,6-11H2,1-2H3/p+1. The van der Waals surface area contributed by atoms with Gasteiger partial charge in [0.15, 0.2) is 11.5 Å². The summed E-state index contributed by atoms with van der Waals surface area (Å²) in [6, 6.07) is 6.68. The molecule has 0 aliphatic carbocycles. The molecule has 1 aromatic rings. The van der Waals surface area contributed by atoms with E-state index in [1.54, 1.807) is 24.1 Å². The number of aliphatic hydroxyl groups is 1. The predicted octanol–water partition coefficient (Wildman–Crippen LogP) is -0.105. The van der Waals surface area contributed by atoms with Gasteiger partial charge in [-0.15, -0.1) is 0 Å². The summed E-state index contributed by atoms with van der Waals surface area (Å²) in [5.74, 6) is -0.592. The summed E-state index contributed by atoms with van der Waals surface area (Å²) in [5, 5.41) is 10.3. The largest absolute Gasteiger partial charge is 0.503 e. The molecule has 1 unspecified atom stereocenters. The van der Waals surface area contributed by atoms with E-state index in [9.17, 15) is 14.7 Å². The highest BCUT2D eigenvalue weighted by molar-refractivity contribution is 6.08. The average Bonchev–Trinajstić information content (AvgIpc) is 2.92. The van der Waals surface area contributed by atoms with Crippen molar-refractivity contribution in [2.45, 2.75) is 13.0 Å². The van der Waals surface area contributed by atoms with Gasteiger partial charge in [0.25, 0.3) is 5.91 Å². The number of nitrogens with one attached hydrogen (secondary N) is 1. The number of ketones is 1. The molecule has 26 heavy (non-hydrogen) atoms. The van der Waals surface area contributed by atoms with Crippen LogP contribution < -0.4 is 9.64 Å². The summed E-state index contributed by atoms with van der Waals surface area (Å²) < 4.78 is 10.6. The Balaban J connectivity index is 1.88. The van der Waals surface area contributed by atoms with E-state index in [2.05, 4.69) is 0 Å². The number of rotatable bonds is 6. The van der Waals surface area contributed by atoms with Crippen LogP contribution in [0, 0.1) is 0 Å². The van der Waals surface area contributed by atoms with Gasteiger partial charge in [-0.3, -0.25) is 9.59 Å². The monoisotopic (exact) mass is 361 g/mol. The maximum absolute atomic E-state index is 12.6. The molecule has 0 radical (unpaired) electrons. The smallest absolute Gasteiger partial charge is 0.290 e. The van der Waals surface area contributed by atoms with Crippen LogP contribution in [0.15, 0.2) is 35.6 Å². The van der Waals surface area contributed by atoms with E-state index in [1.165, 1.54) is 11.8 Å². The van der Waals surface area contributed by atoms with Crippen molar-refractivity contribution < 1.29 is 29.1 Å². The molecule has 1 saturated heterocycles. The highest BCUT2D eigenvalue weighted by Gasteiger charge is 2.42. The number of carbonyl (C=O) groups excluding carboxylic acids is 2. The first-order valence-corrected chi connectivity index (χ1v) is 8.83. The lowest BCUT2D eigenvalue weighted by Gasteiger charge is -2.30. The minimum atomic E-state index is -0.587. The molecule has 0 spiro atoms. The van der Waals surface area contributed by atoms with Crippen molar-refractivity contribution >= 4 is 11.7 Å². The molecule has 0 saturated carbocycles. The molecule has 1 fully saturated rings. The van der Waals surface area contributed by atoms with E-state index in [0.717, 1.165) is 25.2 Å². The second-order valence-corrected chi connectivity index (χ2v) is 6.61. The van der Waals surface area contributed by atoms with Crippen molar-refractivity contribution in [2.75, 3.05) is 46.5 Å². The first kappa shape index (κ1) is 18.4. The summed E-state index contributed by atoms with van der Waals surface area (Å²) in [6.07, 6.45) is 0. The zero-order valence-electron chi connectivity index (χ0n) is 15.2. The number of methoxy groups -OCH3 is 1. The van der Waals surface area contributed by atoms with Gasteiger partial charge >= 0.3 is 0 Å². The van der Waals surface area contributed by atoms with E-state index in [1.807, 2.05) is 12.1 Å². The Morgan fingerprint density at radius 1 is 1.38 bits per heavy atom. The zero-order chi connectivity index (χ0) is 18.7. The molecule has 2 heterocycles. The van der Waals surface area contributed by atoms with Crippen LogP contribution in [-0.4, -0.2) is 68.2 Å². The molecule has 0 aromatic heterocycles. The van der Waals surface area contributed by atoms with Crippen molar-refractivity contribution in [1.29, 1.82) is 0 Å². The van der Waals surface area contributed by atoms with Gasteiger partial charge in [0, 0.05) is 0 Å². The van der Waals surface area contributed by atoms with Crippen LogP contribution in [0.5, 0.6) is 5.75 Å². The van der Waals surface area contributed by atoms with Gasteiger partial charge < -0.3 is 24.4 Å². The number of amides is 1. The van der Waals surface area contributed by atoms with Crippen molar-refractivity contribution in [3.63, 3.8) is 0 Å². The van der Waals surface area contributed by atoms with E-state index < -0.39 is 17.7 Å². The fourth-order valence-electron chi connectivity index (χ4n) is 3.59.